The number of hydrogen-bond donors (Lipinski definition) is 2. The van der Waals surface area contributed by atoms with E-state index in [4.69, 9.17) is 9.52 Å². The van der Waals surface area contributed by atoms with Crippen LogP contribution in [-0.4, -0.2) is 21.8 Å². The first-order chi connectivity index (χ1) is 9.04. The Bertz CT molecular complexity index is 601. The van der Waals surface area contributed by atoms with Gasteiger partial charge in [-0.25, -0.2) is 0 Å². The molecule has 0 spiro atoms. The summed E-state index contributed by atoms with van der Waals surface area (Å²) >= 11 is 0. The number of nitrogens with one attached hydrogen (secondary N) is 1. The smallest absolute Gasteiger partial charge is 0.309 e. The van der Waals surface area contributed by atoms with Gasteiger partial charge in [-0.3, -0.25) is 9.59 Å². The lowest BCUT2D eigenvalue weighted by molar-refractivity contribution is -0.136. The second-order valence-electron chi connectivity index (χ2n) is 3.97. The molecule has 0 saturated carbocycles. The SMILES string of the molecule is CC(=O)c1ccc(Nc2nc(CC(=O)O)co2)cc1. The quantitative estimate of drug-likeness (QED) is 0.801. The van der Waals surface area contributed by atoms with E-state index in [0.29, 0.717) is 16.9 Å². The number of benzene rings is 1. The van der Waals surface area contributed by atoms with Crippen LogP contribution in [-0.2, 0) is 11.2 Å². The van der Waals surface area contributed by atoms with Crippen molar-refractivity contribution in [3.8, 4) is 0 Å². The molecule has 98 valence electrons. The molecule has 2 N–H and O–H groups in total. The molecule has 0 saturated heterocycles. The molecule has 0 aliphatic rings. The van der Waals surface area contributed by atoms with Gasteiger partial charge < -0.3 is 14.8 Å². The van der Waals surface area contributed by atoms with Crippen LogP contribution in [0.5, 0.6) is 0 Å². The monoisotopic (exact) mass is 260 g/mol. The summed E-state index contributed by atoms with van der Waals surface area (Å²) in [6.45, 7) is 1.49. The zero-order valence-corrected chi connectivity index (χ0v) is 10.2. The molecule has 1 heterocycles. The minimum absolute atomic E-state index is 0.00795. The van der Waals surface area contributed by atoms with Crippen LogP contribution in [0.4, 0.5) is 11.7 Å². The first kappa shape index (κ1) is 12.8. The second kappa shape index (κ2) is 5.34. The zero-order chi connectivity index (χ0) is 13.8. The number of carboxylic acids is 1. The molecule has 2 rings (SSSR count). The van der Waals surface area contributed by atoms with E-state index in [-0.39, 0.29) is 18.2 Å². The summed E-state index contributed by atoms with van der Waals surface area (Å²) in [5.41, 5.74) is 1.66. The molecular weight excluding hydrogens is 248 g/mol. The van der Waals surface area contributed by atoms with E-state index in [1.54, 1.807) is 24.3 Å². The summed E-state index contributed by atoms with van der Waals surface area (Å²) in [6, 6.07) is 7.03. The predicted molar refractivity (Wildman–Crippen MR) is 67.6 cm³/mol. The van der Waals surface area contributed by atoms with Gasteiger partial charge in [0.05, 0.1) is 12.1 Å². The summed E-state index contributed by atoms with van der Waals surface area (Å²) in [5.74, 6) is -0.975. The molecule has 1 aromatic heterocycles. The lowest BCUT2D eigenvalue weighted by Gasteiger charge is -2.02. The Balaban J connectivity index is 2.06. The number of rotatable bonds is 5. The molecule has 0 amide bonds. The number of Topliss-reactive ketones (excluding diaryl/α,β-unsaturated/α-hetero) is 1. The maximum atomic E-state index is 11.1. The molecular formula is C13H12N2O4. The largest absolute Gasteiger partial charge is 0.481 e. The molecule has 0 atom stereocenters. The molecule has 2 aromatic rings. The van der Waals surface area contributed by atoms with Crippen molar-refractivity contribution in [1.82, 2.24) is 4.98 Å². The highest BCUT2D eigenvalue weighted by Crippen LogP contribution is 2.17. The van der Waals surface area contributed by atoms with Gasteiger partial charge in [0.25, 0.3) is 6.01 Å². The minimum Gasteiger partial charge on any atom is -0.481 e. The zero-order valence-electron chi connectivity index (χ0n) is 10.2. The van der Waals surface area contributed by atoms with Crippen LogP contribution < -0.4 is 5.32 Å². The summed E-state index contributed by atoms with van der Waals surface area (Å²) in [6.07, 6.45) is 1.11. The van der Waals surface area contributed by atoms with Crippen LogP contribution in [0.1, 0.15) is 23.0 Å². The molecule has 0 radical (unpaired) electrons. The molecule has 0 bridgehead atoms. The van der Waals surface area contributed by atoms with E-state index in [1.165, 1.54) is 13.2 Å². The molecule has 6 heteroatoms. The van der Waals surface area contributed by atoms with Crippen LogP contribution >= 0.6 is 0 Å². The van der Waals surface area contributed by atoms with Crippen LogP contribution in [0.2, 0.25) is 0 Å². The number of carboxylic acid groups (broad SMARTS) is 1. The number of nitrogens with zero attached hydrogens (tertiary/aromatic N) is 1. The maximum absolute atomic E-state index is 11.1. The fourth-order valence-corrected chi connectivity index (χ4v) is 1.51. The summed E-state index contributed by atoms with van der Waals surface area (Å²) in [7, 11) is 0. The second-order valence-corrected chi connectivity index (χ2v) is 3.97. The Morgan fingerprint density at radius 1 is 1.32 bits per heavy atom. The van der Waals surface area contributed by atoms with Gasteiger partial charge >= 0.3 is 5.97 Å². The summed E-state index contributed by atoms with van der Waals surface area (Å²) < 4.78 is 5.09. The first-order valence-corrected chi connectivity index (χ1v) is 5.59. The average Bonchev–Trinajstić information content (AvgIpc) is 2.76. The standard InChI is InChI=1S/C13H12N2O4/c1-8(16)9-2-4-10(5-3-9)14-13-15-11(7-19-13)6-12(17)18/h2-5,7H,6H2,1H3,(H,14,15)(H,17,18). The molecule has 0 unspecified atom stereocenters. The van der Waals surface area contributed by atoms with Gasteiger partial charge in [-0.2, -0.15) is 4.98 Å². The number of anilines is 2. The van der Waals surface area contributed by atoms with Crippen molar-refractivity contribution < 1.29 is 19.1 Å². The third kappa shape index (κ3) is 3.41. The van der Waals surface area contributed by atoms with Crippen LogP contribution in [0.15, 0.2) is 34.9 Å². The lowest BCUT2D eigenvalue weighted by atomic mass is 10.1. The van der Waals surface area contributed by atoms with Crippen LogP contribution in [0.25, 0.3) is 0 Å². The number of hydrogen-bond acceptors (Lipinski definition) is 5. The minimum atomic E-state index is -0.967. The van der Waals surface area contributed by atoms with Crippen LogP contribution in [0.3, 0.4) is 0 Å². The fourth-order valence-electron chi connectivity index (χ4n) is 1.51. The highest BCUT2D eigenvalue weighted by Gasteiger charge is 2.08. The normalized spacial score (nSPS) is 10.2. The first-order valence-electron chi connectivity index (χ1n) is 5.59. The van der Waals surface area contributed by atoms with E-state index >= 15 is 0 Å². The highest BCUT2D eigenvalue weighted by molar-refractivity contribution is 5.94. The fraction of sp³-hybridized carbons (Fsp3) is 0.154. The van der Waals surface area contributed by atoms with Crippen LogP contribution in [0, 0.1) is 0 Å². The van der Waals surface area contributed by atoms with E-state index in [0.717, 1.165) is 0 Å². The third-order valence-electron chi connectivity index (χ3n) is 2.43. The number of aliphatic carboxylic acids is 1. The molecule has 0 aliphatic carbocycles. The van der Waals surface area contributed by atoms with Crippen molar-refractivity contribution in [2.24, 2.45) is 0 Å². The Hall–Kier alpha value is -2.63. The number of oxazole rings is 1. The molecule has 1 aromatic carbocycles. The van der Waals surface area contributed by atoms with E-state index in [1.807, 2.05) is 0 Å². The van der Waals surface area contributed by atoms with Crippen molar-refractivity contribution in [2.75, 3.05) is 5.32 Å². The Morgan fingerprint density at radius 3 is 2.58 bits per heavy atom. The van der Waals surface area contributed by atoms with Gasteiger partial charge in [0, 0.05) is 11.3 Å². The van der Waals surface area contributed by atoms with Crippen molar-refractivity contribution in [3.05, 3.63) is 41.8 Å². The lowest BCUT2D eigenvalue weighted by Crippen LogP contribution is -2.00. The number of ketones is 1. The number of carbonyl (C=O) groups excluding carboxylic acids is 1. The van der Waals surface area contributed by atoms with Gasteiger partial charge in [-0.05, 0) is 31.2 Å². The van der Waals surface area contributed by atoms with Gasteiger partial charge in [0.15, 0.2) is 5.78 Å². The van der Waals surface area contributed by atoms with Crippen molar-refractivity contribution in [3.63, 3.8) is 0 Å². The molecule has 19 heavy (non-hydrogen) atoms. The maximum Gasteiger partial charge on any atom is 0.309 e. The van der Waals surface area contributed by atoms with E-state index in [9.17, 15) is 9.59 Å². The molecule has 6 nitrogen and oxygen atoms in total. The van der Waals surface area contributed by atoms with Gasteiger partial charge in [0.2, 0.25) is 0 Å². The average molecular weight is 260 g/mol. The van der Waals surface area contributed by atoms with Crippen molar-refractivity contribution >= 4 is 23.5 Å². The van der Waals surface area contributed by atoms with Crippen molar-refractivity contribution in [2.45, 2.75) is 13.3 Å². The summed E-state index contributed by atoms with van der Waals surface area (Å²) in [4.78, 5) is 25.6. The third-order valence-corrected chi connectivity index (χ3v) is 2.43. The molecule has 0 fully saturated rings. The molecule has 0 aliphatic heterocycles. The predicted octanol–water partition coefficient (Wildman–Crippen LogP) is 2.25. The Morgan fingerprint density at radius 2 is 2.00 bits per heavy atom. The highest BCUT2D eigenvalue weighted by atomic mass is 16.4. The van der Waals surface area contributed by atoms with Gasteiger partial charge in [-0.15, -0.1) is 0 Å². The van der Waals surface area contributed by atoms with Gasteiger partial charge in [-0.1, -0.05) is 0 Å². The number of aromatic nitrogens is 1. The topological polar surface area (TPSA) is 92.4 Å². The van der Waals surface area contributed by atoms with E-state index in [2.05, 4.69) is 10.3 Å². The Labute approximate surface area is 109 Å². The summed E-state index contributed by atoms with van der Waals surface area (Å²) in [5, 5.41) is 11.5. The van der Waals surface area contributed by atoms with Crippen molar-refractivity contribution in [1.29, 1.82) is 0 Å². The van der Waals surface area contributed by atoms with E-state index < -0.39 is 5.97 Å². The number of carbonyl (C=O) groups is 2. The van der Waals surface area contributed by atoms with Gasteiger partial charge in [0.1, 0.15) is 6.26 Å². The Kier molecular flexibility index (Phi) is 3.61.